The van der Waals surface area contributed by atoms with Gasteiger partial charge in [0.15, 0.2) is 0 Å². The molecule has 4 aromatic rings. The van der Waals surface area contributed by atoms with Gasteiger partial charge in [0, 0.05) is 22.0 Å². The number of hydrogen-bond donors (Lipinski definition) is 1. The minimum Gasteiger partial charge on any atom is -0.456 e. The number of carbonyl (C=O) groups is 1. The number of furan rings is 1. The normalized spacial score (nSPS) is 11.0. The molecule has 0 fully saturated rings. The molecule has 0 atom stereocenters. The predicted octanol–water partition coefficient (Wildman–Crippen LogP) is 4.98. The average molecular weight is 305 g/mol. The SMILES string of the molecule is O=C(Nc1ccc2oc3ccccc3c2c1)c1ccc(F)cc1. The molecule has 0 aliphatic heterocycles. The summed E-state index contributed by atoms with van der Waals surface area (Å²) in [4.78, 5) is 12.2. The van der Waals surface area contributed by atoms with Crippen LogP contribution >= 0.6 is 0 Å². The lowest BCUT2D eigenvalue weighted by atomic mass is 10.1. The summed E-state index contributed by atoms with van der Waals surface area (Å²) in [6, 6.07) is 18.7. The van der Waals surface area contributed by atoms with Crippen LogP contribution in [0, 0.1) is 5.82 Å². The molecule has 1 amide bonds. The Labute approximate surface area is 131 Å². The maximum atomic E-state index is 12.9. The van der Waals surface area contributed by atoms with Crippen molar-refractivity contribution in [1.82, 2.24) is 0 Å². The summed E-state index contributed by atoms with van der Waals surface area (Å²) < 4.78 is 18.7. The van der Waals surface area contributed by atoms with E-state index in [1.54, 1.807) is 6.07 Å². The first-order valence-electron chi connectivity index (χ1n) is 7.19. The Bertz CT molecular complexity index is 1020. The molecule has 4 rings (SSSR count). The van der Waals surface area contributed by atoms with Crippen molar-refractivity contribution in [2.24, 2.45) is 0 Å². The monoisotopic (exact) mass is 305 g/mol. The summed E-state index contributed by atoms with van der Waals surface area (Å²) in [6.07, 6.45) is 0. The van der Waals surface area contributed by atoms with Crippen LogP contribution in [0.5, 0.6) is 0 Å². The zero-order valence-corrected chi connectivity index (χ0v) is 12.0. The molecule has 0 aliphatic carbocycles. The molecule has 0 unspecified atom stereocenters. The molecule has 0 aliphatic rings. The highest BCUT2D eigenvalue weighted by Gasteiger charge is 2.10. The topological polar surface area (TPSA) is 42.2 Å². The Morgan fingerprint density at radius 3 is 2.43 bits per heavy atom. The summed E-state index contributed by atoms with van der Waals surface area (Å²) in [7, 11) is 0. The summed E-state index contributed by atoms with van der Waals surface area (Å²) in [5.74, 6) is -0.648. The molecule has 1 aromatic heterocycles. The quantitative estimate of drug-likeness (QED) is 0.567. The van der Waals surface area contributed by atoms with Crippen LogP contribution in [0.2, 0.25) is 0 Å². The van der Waals surface area contributed by atoms with Crippen LogP contribution in [-0.2, 0) is 0 Å². The van der Waals surface area contributed by atoms with E-state index >= 15 is 0 Å². The summed E-state index contributed by atoms with van der Waals surface area (Å²) in [5, 5.41) is 4.76. The van der Waals surface area contributed by atoms with Gasteiger partial charge in [-0.25, -0.2) is 4.39 Å². The van der Waals surface area contributed by atoms with Crippen molar-refractivity contribution in [2.75, 3.05) is 5.32 Å². The van der Waals surface area contributed by atoms with Gasteiger partial charge in [-0.2, -0.15) is 0 Å². The van der Waals surface area contributed by atoms with Gasteiger partial charge in [-0.1, -0.05) is 18.2 Å². The number of hydrogen-bond acceptors (Lipinski definition) is 2. The van der Waals surface area contributed by atoms with Crippen LogP contribution in [0.4, 0.5) is 10.1 Å². The number of para-hydroxylation sites is 1. The van der Waals surface area contributed by atoms with E-state index in [0.717, 1.165) is 21.9 Å². The molecule has 1 heterocycles. The van der Waals surface area contributed by atoms with Crippen LogP contribution in [0.15, 0.2) is 71.1 Å². The number of anilines is 1. The van der Waals surface area contributed by atoms with Crippen LogP contribution in [0.1, 0.15) is 10.4 Å². The molecule has 0 saturated heterocycles. The van der Waals surface area contributed by atoms with Gasteiger partial charge in [0.1, 0.15) is 17.0 Å². The van der Waals surface area contributed by atoms with Gasteiger partial charge in [-0.3, -0.25) is 4.79 Å². The first kappa shape index (κ1) is 13.5. The summed E-state index contributed by atoms with van der Waals surface area (Å²) in [6.45, 7) is 0. The fourth-order valence-electron chi connectivity index (χ4n) is 2.61. The number of halogens is 1. The number of carbonyl (C=O) groups excluding carboxylic acids is 1. The standard InChI is InChI=1S/C19H12FNO2/c20-13-7-5-12(6-8-13)19(22)21-14-9-10-18-16(11-14)15-3-1-2-4-17(15)23-18/h1-11H,(H,21,22). The lowest BCUT2D eigenvalue weighted by Gasteiger charge is -2.05. The lowest BCUT2D eigenvalue weighted by Crippen LogP contribution is -2.11. The number of nitrogens with one attached hydrogen (secondary N) is 1. The van der Waals surface area contributed by atoms with E-state index in [9.17, 15) is 9.18 Å². The van der Waals surface area contributed by atoms with E-state index in [-0.39, 0.29) is 11.7 Å². The molecular weight excluding hydrogens is 293 g/mol. The van der Waals surface area contributed by atoms with E-state index in [4.69, 9.17) is 4.42 Å². The second-order valence-electron chi connectivity index (χ2n) is 5.27. The Balaban J connectivity index is 1.70. The largest absolute Gasteiger partial charge is 0.456 e. The van der Waals surface area contributed by atoms with Gasteiger partial charge < -0.3 is 9.73 Å². The van der Waals surface area contributed by atoms with Crippen LogP contribution < -0.4 is 5.32 Å². The van der Waals surface area contributed by atoms with Crippen molar-refractivity contribution in [3.05, 3.63) is 78.1 Å². The van der Waals surface area contributed by atoms with Crippen molar-refractivity contribution in [1.29, 1.82) is 0 Å². The van der Waals surface area contributed by atoms with Gasteiger partial charge in [0.2, 0.25) is 0 Å². The zero-order valence-electron chi connectivity index (χ0n) is 12.0. The molecule has 3 aromatic carbocycles. The maximum Gasteiger partial charge on any atom is 0.255 e. The number of benzene rings is 3. The molecular formula is C19H12FNO2. The van der Waals surface area contributed by atoms with Crippen molar-refractivity contribution >= 4 is 33.5 Å². The second-order valence-corrected chi connectivity index (χ2v) is 5.27. The van der Waals surface area contributed by atoms with Crippen molar-refractivity contribution in [3.8, 4) is 0 Å². The Hall–Kier alpha value is -3.14. The van der Waals surface area contributed by atoms with E-state index in [0.29, 0.717) is 11.3 Å². The molecule has 0 bridgehead atoms. The third-order valence-corrected chi connectivity index (χ3v) is 3.74. The molecule has 23 heavy (non-hydrogen) atoms. The molecule has 1 N–H and O–H groups in total. The first-order valence-corrected chi connectivity index (χ1v) is 7.19. The molecule has 0 spiro atoms. The Morgan fingerprint density at radius 1 is 0.870 bits per heavy atom. The van der Waals surface area contributed by atoms with Gasteiger partial charge >= 0.3 is 0 Å². The Morgan fingerprint density at radius 2 is 1.61 bits per heavy atom. The van der Waals surface area contributed by atoms with Gasteiger partial charge in [-0.05, 0) is 48.5 Å². The van der Waals surface area contributed by atoms with E-state index in [2.05, 4.69) is 5.32 Å². The van der Waals surface area contributed by atoms with Gasteiger partial charge in [-0.15, -0.1) is 0 Å². The number of amides is 1. The highest BCUT2D eigenvalue weighted by Crippen LogP contribution is 2.30. The average Bonchev–Trinajstić information content (AvgIpc) is 2.93. The Kier molecular flexibility index (Phi) is 3.08. The minimum absolute atomic E-state index is 0.280. The fourth-order valence-corrected chi connectivity index (χ4v) is 2.61. The summed E-state index contributed by atoms with van der Waals surface area (Å²) in [5.41, 5.74) is 2.65. The third kappa shape index (κ3) is 2.44. The van der Waals surface area contributed by atoms with Crippen molar-refractivity contribution in [3.63, 3.8) is 0 Å². The van der Waals surface area contributed by atoms with Gasteiger partial charge in [0.05, 0.1) is 0 Å². The highest BCUT2D eigenvalue weighted by molar-refractivity contribution is 6.09. The first-order chi connectivity index (χ1) is 11.2. The molecule has 4 heteroatoms. The van der Waals surface area contributed by atoms with Crippen molar-refractivity contribution in [2.45, 2.75) is 0 Å². The second kappa shape index (κ2) is 5.25. The van der Waals surface area contributed by atoms with Crippen LogP contribution in [0.25, 0.3) is 21.9 Å². The zero-order chi connectivity index (χ0) is 15.8. The van der Waals surface area contributed by atoms with Gasteiger partial charge in [0.25, 0.3) is 5.91 Å². The van der Waals surface area contributed by atoms with E-state index in [1.807, 2.05) is 36.4 Å². The maximum absolute atomic E-state index is 12.9. The van der Waals surface area contributed by atoms with E-state index < -0.39 is 0 Å². The predicted molar refractivity (Wildman–Crippen MR) is 88.1 cm³/mol. The fraction of sp³-hybridized carbons (Fsp3) is 0. The third-order valence-electron chi connectivity index (χ3n) is 3.74. The number of fused-ring (bicyclic) bond motifs is 3. The molecule has 0 radical (unpaired) electrons. The smallest absolute Gasteiger partial charge is 0.255 e. The van der Waals surface area contributed by atoms with Crippen LogP contribution in [-0.4, -0.2) is 5.91 Å². The highest BCUT2D eigenvalue weighted by atomic mass is 19.1. The van der Waals surface area contributed by atoms with Crippen molar-refractivity contribution < 1.29 is 13.6 Å². The molecule has 0 saturated carbocycles. The minimum atomic E-state index is -0.368. The molecule has 112 valence electrons. The summed E-state index contributed by atoms with van der Waals surface area (Å²) >= 11 is 0. The van der Waals surface area contributed by atoms with E-state index in [1.165, 1.54) is 24.3 Å². The molecule has 3 nitrogen and oxygen atoms in total. The lowest BCUT2D eigenvalue weighted by molar-refractivity contribution is 0.102. The number of rotatable bonds is 2. The van der Waals surface area contributed by atoms with Crippen LogP contribution in [0.3, 0.4) is 0 Å².